The number of fused-ring (bicyclic) bond motifs is 2. The summed E-state index contributed by atoms with van der Waals surface area (Å²) < 4.78 is 0. The zero-order chi connectivity index (χ0) is 7.52. The van der Waals surface area contributed by atoms with Gasteiger partial charge in [0.25, 0.3) is 0 Å². The molecule has 2 aliphatic carbocycles. The van der Waals surface area contributed by atoms with Gasteiger partial charge >= 0.3 is 0 Å². The standard InChI is InChI=1S/C11H10/c1-2-4-6-11-8-7-10(9-11)5-3-1/h1-8H,9H2. The molecule has 0 aliphatic heterocycles. The second-order valence-corrected chi connectivity index (χ2v) is 2.76. The Labute approximate surface area is 66.9 Å². The highest BCUT2D eigenvalue weighted by Gasteiger charge is 2.01. The molecular formula is C11H10. The summed E-state index contributed by atoms with van der Waals surface area (Å²) in [5, 5.41) is 0. The van der Waals surface area contributed by atoms with Crippen LogP contribution in [0.2, 0.25) is 0 Å². The van der Waals surface area contributed by atoms with Crippen LogP contribution in [0.1, 0.15) is 6.42 Å². The van der Waals surface area contributed by atoms with Gasteiger partial charge < -0.3 is 0 Å². The largest absolute Gasteiger partial charge is 0.0623 e. The highest BCUT2D eigenvalue weighted by molar-refractivity contribution is 5.44. The first-order valence-electron chi connectivity index (χ1n) is 3.86. The third-order valence-corrected chi connectivity index (χ3v) is 1.87. The Morgan fingerprint density at radius 2 is 1.27 bits per heavy atom. The molecule has 0 saturated heterocycles. The first-order valence-corrected chi connectivity index (χ1v) is 3.86. The van der Waals surface area contributed by atoms with Crippen molar-refractivity contribution in [3.05, 3.63) is 59.8 Å². The van der Waals surface area contributed by atoms with Gasteiger partial charge in [-0.25, -0.2) is 0 Å². The van der Waals surface area contributed by atoms with Crippen molar-refractivity contribution in [2.75, 3.05) is 0 Å². The molecule has 2 bridgehead atoms. The summed E-state index contributed by atoms with van der Waals surface area (Å²) in [6, 6.07) is 0. The molecule has 0 aromatic heterocycles. The quantitative estimate of drug-likeness (QED) is 0.488. The molecule has 11 heavy (non-hydrogen) atoms. The summed E-state index contributed by atoms with van der Waals surface area (Å²) in [5.74, 6) is 0. The van der Waals surface area contributed by atoms with E-state index in [1.807, 2.05) is 0 Å². The van der Waals surface area contributed by atoms with Crippen molar-refractivity contribution in [3.63, 3.8) is 0 Å². The minimum Gasteiger partial charge on any atom is -0.0623 e. The van der Waals surface area contributed by atoms with Crippen LogP contribution in [0.4, 0.5) is 0 Å². The molecular weight excluding hydrogens is 132 g/mol. The van der Waals surface area contributed by atoms with Gasteiger partial charge in [0.2, 0.25) is 0 Å². The van der Waals surface area contributed by atoms with E-state index in [1.165, 1.54) is 11.1 Å². The number of rotatable bonds is 0. The van der Waals surface area contributed by atoms with E-state index in [1.54, 1.807) is 0 Å². The Balaban J connectivity index is 2.34. The Morgan fingerprint density at radius 3 is 1.82 bits per heavy atom. The summed E-state index contributed by atoms with van der Waals surface area (Å²) >= 11 is 0. The summed E-state index contributed by atoms with van der Waals surface area (Å²) in [4.78, 5) is 0. The second-order valence-electron chi connectivity index (χ2n) is 2.76. The van der Waals surface area contributed by atoms with Crippen LogP contribution < -0.4 is 0 Å². The van der Waals surface area contributed by atoms with Crippen molar-refractivity contribution < 1.29 is 0 Å². The molecule has 0 unspecified atom stereocenters. The van der Waals surface area contributed by atoms with Crippen LogP contribution in [-0.4, -0.2) is 0 Å². The lowest BCUT2D eigenvalue weighted by molar-refractivity contribution is 1.26. The average molecular weight is 142 g/mol. The van der Waals surface area contributed by atoms with E-state index >= 15 is 0 Å². The summed E-state index contributed by atoms with van der Waals surface area (Å²) in [6.07, 6.45) is 18.0. The average Bonchev–Trinajstić information content (AvgIpc) is 2.49. The van der Waals surface area contributed by atoms with Gasteiger partial charge in [0.05, 0.1) is 0 Å². The molecule has 0 heteroatoms. The lowest BCUT2D eigenvalue weighted by Gasteiger charge is -1.92. The van der Waals surface area contributed by atoms with Gasteiger partial charge in [-0.1, -0.05) is 48.6 Å². The van der Waals surface area contributed by atoms with E-state index in [2.05, 4.69) is 48.6 Å². The predicted octanol–water partition coefficient (Wildman–Crippen LogP) is 2.93. The molecule has 2 aliphatic rings. The maximum Gasteiger partial charge on any atom is -0.00258 e. The minimum atomic E-state index is 1.09. The van der Waals surface area contributed by atoms with E-state index in [-0.39, 0.29) is 0 Å². The molecule has 2 rings (SSSR count). The SMILES string of the molecule is C1=CC=CC2=CC=C(C=C1)C2. The fourth-order valence-corrected chi connectivity index (χ4v) is 1.28. The van der Waals surface area contributed by atoms with Crippen LogP contribution in [0.15, 0.2) is 59.8 Å². The van der Waals surface area contributed by atoms with Gasteiger partial charge in [-0.15, -0.1) is 0 Å². The van der Waals surface area contributed by atoms with Crippen LogP contribution in [0.3, 0.4) is 0 Å². The van der Waals surface area contributed by atoms with Crippen LogP contribution in [0, 0.1) is 0 Å². The lowest BCUT2D eigenvalue weighted by Crippen LogP contribution is -1.73. The minimum absolute atomic E-state index is 1.09. The third kappa shape index (κ3) is 1.40. The Kier molecular flexibility index (Phi) is 1.60. The Hall–Kier alpha value is -1.30. The van der Waals surface area contributed by atoms with Crippen molar-refractivity contribution in [1.29, 1.82) is 0 Å². The molecule has 0 spiro atoms. The van der Waals surface area contributed by atoms with Crippen molar-refractivity contribution >= 4 is 0 Å². The molecule has 0 aromatic carbocycles. The fraction of sp³-hybridized carbons (Fsp3) is 0.0909. The third-order valence-electron chi connectivity index (χ3n) is 1.87. The van der Waals surface area contributed by atoms with Crippen molar-refractivity contribution in [2.45, 2.75) is 6.42 Å². The molecule has 54 valence electrons. The summed E-state index contributed by atoms with van der Waals surface area (Å²) in [7, 11) is 0. The molecule has 0 amide bonds. The summed E-state index contributed by atoms with van der Waals surface area (Å²) in [5.41, 5.74) is 2.80. The normalized spacial score (nSPS) is 20.4. The van der Waals surface area contributed by atoms with Gasteiger partial charge in [-0.3, -0.25) is 0 Å². The van der Waals surface area contributed by atoms with Crippen LogP contribution >= 0.6 is 0 Å². The van der Waals surface area contributed by atoms with Crippen LogP contribution in [0.5, 0.6) is 0 Å². The number of hydrogen-bond acceptors (Lipinski definition) is 0. The molecule has 0 aromatic rings. The molecule has 0 radical (unpaired) electrons. The van der Waals surface area contributed by atoms with Gasteiger partial charge in [0.15, 0.2) is 0 Å². The summed E-state index contributed by atoms with van der Waals surface area (Å²) in [6.45, 7) is 0. The molecule has 0 atom stereocenters. The van der Waals surface area contributed by atoms with Gasteiger partial charge in [0, 0.05) is 0 Å². The van der Waals surface area contributed by atoms with Crippen molar-refractivity contribution in [2.24, 2.45) is 0 Å². The highest BCUT2D eigenvalue weighted by Crippen LogP contribution is 2.21. The molecule has 0 heterocycles. The van der Waals surface area contributed by atoms with Crippen LogP contribution in [-0.2, 0) is 0 Å². The molecule has 0 saturated carbocycles. The van der Waals surface area contributed by atoms with Gasteiger partial charge in [0.1, 0.15) is 0 Å². The number of allylic oxidation sites excluding steroid dienone is 10. The monoisotopic (exact) mass is 142 g/mol. The van der Waals surface area contributed by atoms with Gasteiger partial charge in [-0.05, 0) is 17.6 Å². The van der Waals surface area contributed by atoms with Crippen LogP contribution in [0.25, 0.3) is 0 Å². The molecule has 0 fully saturated rings. The molecule has 0 nitrogen and oxygen atoms in total. The highest BCUT2D eigenvalue weighted by atomic mass is 14.1. The Bertz CT molecular complexity index is 266. The first-order chi connectivity index (χ1) is 5.45. The van der Waals surface area contributed by atoms with E-state index < -0.39 is 0 Å². The second kappa shape index (κ2) is 2.75. The smallest absolute Gasteiger partial charge is 0.00258 e. The predicted molar refractivity (Wildman–Crippen MR) is 48.2 cm³/mol. The van der Waals surface area contributed by atoms with E-state index in [9.17, 15) is 0 Å². The zero-order valence-corrected chi connectivity index (χ0v) is 6.33. The maximum absolute atomic E-state index is 2.18. The number of hydrogen-bond donors (Lipinski definition) is 0. The fourth-order valence-electron chi connectivity index (χ4n) is 1.28. The maximum atomic E-state index is 2.18. The zero-order valence-electron chi connectivity index (χ0n) is 6.33. The first kappa shape index (κ1) is 6.41. The topological polar surface area (TPSA) is 0 Å². The van der Waals surface area contributed by atoms with E-state index in [4.69, 9.17) is 0 Å². The lowest BCUT2D eigenvalue weighted by atomic mass is 10.1. The Morgan fingerprint density at radius 1 is 0.727 bits per heavy atom. The molecule has 0 N–H and O–H groups in total. The van der Waals surface area contributed by atoms with Gasteiger partial charge in [-0.2, -0.15) is 0 Å². The van der Waals surface area contributed by atoms with E-state index in [0.29, 0.717) is 0 Å². The van der Waals surface area contributed by atoms with Crippen molar-refractivity contribution in [3.8, 4) is 0 Å². The van der Waals surface area contributed by atoms with E-state index in [0.717, 1.165) is 6.42 Å². The van der Waals surface area contributed by atoms with Crippen molar-refractivity contribution in [1.82, 2.24) is 0 Å².